The number of hydrogen-bond donors (Lipinski definition) is 0. The van der Waals surface area contributed by atoms with Gasteiger partial charge in [-0.3, -0.25) is 15.1 Å². The predicted octanol–water partition coefficient (Wildman–Crippen LogP) is 4.43. The standard InChI is InChI=1S/C12H7F3N2O2S/c13-12(14,15)8-1-3-9(4-2-8)16-7-10-5-6-11(20-10)17(18)19/h1-7H. The number of halogens is 3. The first kappa shape index (κ1) is 14.2. The van der Waals surface area contributed by atoms with Crippen LogP contribution in [0.4, 0.5) is 23.9 Å². The van der Waals surface area contributed by atoms with Gasteiger partial charge in [0.2, 0.25) is 0 Å². The summed E-state index contributed by atoms with van der Waals surface area (Å²) in [5, 5.41) is 10.5. The maximum absolute atomic E-state index is 12.3. The van der Waals surface area contributed by atoms with E-state index < -0.39 is 16.7 Å². The average molecular weight is 300 g/mol. The first-order valence-corrected chi connectivity index (χ1v) is 6.13. The van der Waals surface area contributed by atoms with E-state index in [0.717, 1.165) is 23.5 Å². The minimum atomic E-state index is -4.38. The molecule has 2 rings (SSSR count). The van der Waals surface area contributed by atoms with Gasteiger partial charge < -0.3 is 0 Å². The van der Waals surface area contributed by atoms with Crippen LogP contribution in [0.5, 0.6) is 0 Å². The summed E-state index contributed by atoms with van der Waals surface area (Å²) in [5.74, 6) is 0. The molecule has 0 aliphatic heterocycles. The molecule has 0 fully saturated rings. The lowest BCUT2D eigenvalue weighted by Crippen LogP contribution is -2.03. The predicted molar refractivity (Wildman–Crippen MR) is 69.7 cm³/mol. The Kier molecular flexibility index (Phi) is 3.84. The van der Waals surface area contributed by atoms with Crippen LogP contribution in [-0.2, 0) is 6.18 Å². The Morgan fingerprint density at radius 1 is 1.15 bits per heavy atom. The van der Waals surface area contributed by atoms with Crippen LogP contribution in [0.1, 0.15) is 10.4 Å². The van der Waals surface area contributed by atoms with Crippen LogP contribution in [0.2, 0.25) is 0 Å². The molecule has 0 amide bonds. The van der Waals surface area contributed by atoms with Gasteiger partial charge in [0.05, 0.1) is 21.1 Å². The Balaban J connectivity index is 2.13. The molecule has 0 aliphatic rings. The molecule has 0 N–H and O–H groups in total. The smallest absolute Gasteiger partial charge is 0.258 e. The summed E-state index contributed by atoms with van der Waals surface area (Å²) in [6.07, 6.45) is -3.00. The fourth-order valence-electron chi connectivity index (χ4n) is 1.38. The SMILES string of the molecule is O=[N+]([O-])c1ccc(C=Nc2ccc(C(F)(F)F)cc2)s1. The van der Waals surface area contributed by atoms with Gasteiger partial charge in [-0.25, -0.2) is 0 Å². The van der Waals surface area contributed by atoms with Crippen LogP contribution in [-0.4, -0.2) is 11.1 Å². The van der Waals surface area contributed by atoms with Gasteiger partial charge in [-0.15, -0.1) is 0 Å². The van der Waals surface area contributed by atoms with E-state index in [1.54, 1.807) is 0 Å². The Hall–Kier alpha value is -2.22. The quantitative estimate of drug-likeness (QED) is 0.478. The van der Waals surface area contributed by atoms with E-state index in [-0.39, 0.29) is 5.00 Å². The molecule has 2 aromatic rings. The number of alkyl halides is 3. The second-order valence-electron chi connectivity index (χ2n) is 3.74. The topological polar surface area (TPSA) is 55.5 Å². The maximum atomic E-state index is 12.3. The highest BCUT2D eigenvalue weighted by atomic mass is 32.1. The largest absolute Gasteiger partial charge is 0.416 e. The fourth-order valence-corrected chi connectivity index (χ4v) is 2.08. The molecule has 0 spiro atoms. The zero-order valence-electron chi connectivity index (χ0n) is 9.79. The second kappa shape index (κ2) is 5.41. The third-order valence-electron chi connectivity index (χ3n) is 2.33. The molecular weight excluding hydrogens is 293 g/mol. The van der Waals surface area contributed by atoms with Gasteiger partial charge in [0, 0.05) is 12.3 Å². The Morgan fingerprint density at radius 2 is 1.80 bits per heavy atom. The van der Waals surface area contributed by atoms with E-state index in [4.69, 9.17) is 0 Å². The van der Waals surface area contributed by atoms with Crippen molar-refractivity contribution < 1.29 is 18.1 Å². The van der Waals surface area contributed by atoms with Crippen molar-refractivity contribution in [1.29, 1.82) is 0 Å². The first-order chi connectivity index (χ1) is 9.36. The summed E-state index contributed by atoms with van der Waals surface area (Å²) in [6, 6.07) is 7.21. The third-order valence-corrected chi connectivity index (χ3v) is 3.30. The van der Waals surface area contributed by atoms with Crippen LogP contribution in [0, 0.1) is 10.1 Å². The van der Waals surface area contributed by atoms with Crippen LogP contribution >= 0.6 is 11.3 Å². The van der Waals surface area contributed by atoms with Crippen molar-refractivity contribution in [2.45, 2.75) is 6.18 Å². The second-order valence-corrected chi connectivity index (χ2v) is 4.83. The molecule has 20 heavy (non-hydrogen) atoms. The lowest BCUT2D eigenvalue weighted by Gasteiger charge is -2.05. The lowest BCUT2D eigenvalue weighted by atomic mass is 10.2. The molecule has 1 heterocycles. The molecule has 0 unspecified atom stereocenters. The van der Waals surface area contributed by atoms with Gasteiger partial charge in [0.15, 0.2) is 0 Å². The molecule has 0 saturated carbocycles. The Bertz CT molecular complexity index is 647. The van der Waals surface area contributed by atoms with Crippen molar-refractivity contribution in [1.82, 2.24) is 0 Å². The minimum Gasteiger partial charge on any atom is -0.258 e. The molecule has 0 saturated heterocycles. The highest BCUT2D eigenvalue weighted by Crippen LogP contribution is 2.30. The van der Waals surface area contributed by atoms with Crippen molar-refractivity contribution >= 4 is 28.2 Å². The molecule has 1 aromatic heterocycles. The van der Waals surface area contributed by atoms with Crippen molar-refractivity contribution in [3.8, 4) is 0 Å². The summed E-state index contributed by atoms with van der Waals surface area (Å²) >= 11 is 0.939. The van der Waals surface area contributed by atoms with E-state index in [1.165, 1.54) is 30.5 Å². The van der Waals surface area contributed by atoms with Gasteiger partial charge in [-0.05, 0) is 30.3 Å². The fraction of sp³-hybridized carbons (Fsp3) is 0.0833. The molecule has 104 valence electrons. The highest BCUT2D eigenvalue weighted by molar-refractivity contribution is 7.16. The zero-order chi connectivity index (χ0) is 14.8. The number of aliphatic imine (C=N–C) groups is 1. The van der Waals surface area contributed by atoms with Crippen LogP contribution in [0.3, 0.4) is 0 Å². The first-order valence-electron chi connectivity index (χ1n) is 5.32. The Labute approximate surface area is 115 Å². The summed E-state index contributed by atoms with van der Waals surface area (Å²) < 4.78 is 37.0. The number of benzene rings is 1. The van der Waals surface area contributed by atoms with Crippen molar-refractivity contribution in [2.75, 3.05) is 0 Å². The summed E-state index contributed by atoms with van der Waals surface area (Å²) in [5.41, 5.74) is -0.405. The molecule has 0 atom stereocenters. The lowest BCUT2D eigenvalue weighted by molar-refractivity contribution is -0.380. The number of thiophene rings is 1. The zero-order valence-corrected chi connectivity index (χ0v) is 10.6. The third kappa shape index (κ3) is 3.41. The summed E-state index contributed by atoms with van der Waals surface area (Å²) in [7, 11) is 0. The molecule has 1 aromatic carbocycles. The van der Waals surface area contributed by atoms with Crippen LogP contribution in [0.15, 0.2) is 41.4 Å². The average Bonchev–Trinajstić information content (AvgIpc) is 2.85. The molecule has 0 aliphatic carbocycles. The number of rotatable bonds is 3. The molecular formula is C12H7F3N2O2S. The van der Waals surface area contributed by atoms with Gasteiger partial charge in [-0.2, -0.15) is 13.2 Å². The maximum Gasteiger partial charge on any atom is 0.416 e. The molecule has 8 heteroatoms. The van der Waals surface area contributed by atoms with E-state index in [0.29, 0.717) is 10.6 Å². The molecule has 0 bridgehead atoms. The van der Waals surface area contributed by atoms with Gasteiger partial charge in [-0.1, -0.05) is 11.3 Å². The summed E-state index contributed by atoms with van der Waals surface area (Å²) in [4.78, 5) is 14.5. The monoisotopic (exact) mass is 300 g/mol. The van der Waals surface area contributed by atoms with Crippen molar-refractivity contribution in [3.05, 3.63) is 57.0 Å². The van der Waals surface area contributed by atoms with E-state index in [2.05, 4.69) is 4.99 Å². The number of nitrogens with zero attached hydrogens (tertiary/aromatic N) is 2. The van der Waals surface area contributed by atoms with Gasteiger partial charge in [0.25, 0.3) is 0 Å². The van der Waals surface area contributed by atoms with Crippen molar-refractivity contribution in [3.63, 3.8) is 0 Å². The summed E-state index contributed by atoms with van der Waals surface area (Å²) in [6.45, 7) is 0. The minimum absolute atomic E-state index is 0.0149. The van der Waals surface area contributed by atoms with E-state index in [1.807, 2.05) is 0 Å². The van der Waals surface area contributed by atoms with Crippen molar-refractivity contribution in [2.24, 2.45) is 4.99 Å². The van der Waals surface area contributed by atoms with Crippen LogP contribution in [0.25, 0.3) is 0 Å². The Morgan fingerprint density at radius 3 is 2.30 bits per heavy atom. The van der Waals surface area contributed by atoms with Gasteiger partial charge >= 0.3 is 11.2 Å². The van der Waals surface area contributed by atoms with E-state index in [9.17, 15) is 23.3 Å². The number of hydrogen-bond acceptors (Lipinski definition) is 4. The molecule has 4 nitrogen and oxygen atoms in total. The highest BCUT2D eigenvalue weighted by Gasteiger charge is 2.29. The van der Waals surface area contributed by atoms with Gasteiger partial charge in [0.1, 0.15) is 0 Å². The van der Waals surface area contributed by atoms with E-state index >= 15 is 0 Å². The van der Waals surface area contributed by atoms with Crippen LogP contribution < -0.4 is 0 Å². The molecule has 0 radical (unpaired) electrons. The normalized spacial score (nSPS) is 11.9. The number of nitro groups is 1.